The molecule has 0 unspecified atom stereocenters. The third-order valence-corrected chi connectivity index (χ3v) is 4.59. The molecule has 2 aromatic rings. The number of rotatable bonds is 7. The van der Waals surface area contributed by atoms with Crippen molar-refractivity contribution >= 4 is 29.3 Å². The van der Waals surface area contributed by atoms with Crippen LogP contribution in [0.3, 0.4) is 0 Å². The molecule has 9 heteroatoms. The van der Waals surface area contributed by atoms with Crippen molar-refractivity contribution in [2.75, 3.05) is 19.0 Å². The largest absolute Gasteiger partial charge is 0.495 e. The lowest BCUT2D eigenvalue weighted by atomic mass is 9.87. The molecule has 0 aliphatic carbocycles. The van der Waals surface area contributed by atoms with Gasteiger partial charge in [-0.25, -0.2) is 9.78 Å². The van der Waals surface area contributed by atoms with Gasteiger partial charge in [0.15, 0.2) is 6.61 Å². The second kappa shape index (κ2) is 9.69. The van der Waals surface area contributed by atoms with Crippen molar-refractivity contribution in [1.29, 1.82) is 0 Å². The summed E-state index contributed by atoms with van der Waals surface area (Å²) in [5, 5.41) is 2.49. The van der Waals surface area contributed by atoms with Gasteiger partial charge < -0.3 is 14.8 Å². The minimum Gasteiger partial charge on any atom is -0.495 e. The van der Waals surface area contributed by atoms with Crippen LogP contribution in [0.2, 0.25) is 0 Å². The number of esters is 1. The van der Waals surface area contributed by atoms with Crippen molar-refractivity contribution < 1.29 is 27.8 Å². The number of anilines is 1. The van der Waals surface area contributed by atoms with Gasteiger partial charge in [0.1, 0.15) is 10.8 Å². The predicted molar refractivity (Wildman–Crippen MR) is 107 cm³/mol. The third kappa shape index (κ3) is 6.42. The summed E-state index contributed by atoms with van der Waals surface area (Å²) in [6, 6.07) is 8.17. The summed E-state index contributed by atoms with van der Waals surface area (Å²) in [5.41, 5.74) is 1.15. The number of carbonyl (C=O) groups excluding carboxylic acids is 2. The molecule has 0 radical (unpaired) electrons. The lowest BCUT2D eigenvalue weighted by molar-refractivity contribution is -0.119. The molecule has 0 saturated carbocycles. The topological polar surface area (TPSA) is 77.5 Å². The lowest BCUT2D eigenvalue weighted by Crippen LogP contribution is -2.22. The maximum absolute atomic E-state index is 12.6. The number of ether oxygens (including phenoxy) is 2. The van der Waals surface area contributed by atoms with Gasteiger partial charge in [-0.2, -0.15) is 8.78 Å². The van der Waals surface area contributed by atoms with Gasteiger partial charge in [0.2, 0.25) is 0 Å². The van der Waals surface area contributed by atoms with Gasteiger partial charge in [-0.05, 0) is 47.0 Å². The van der Waals surface area contributed by atoms with E-state index in [0.717, 1.165) is 5.56 Å². The Kier molecular flexibility index (Phi) is 7.55. The summed E-state index contributed by atoms with van der Waals surface area (Å²) in [4.78, 5) is 28.2. The first-order chi connectivity index (χ1) is 13.6. The predicted octanol–water partition coefficient (Wildman–Crippen LogP) is 4.50. The van der Waals surface area contributed by atoms with Crippen molar-refractivity contribution in [3.63, 3.8) is 0 Å². The second-order valence-corrected chi connectivity index (χ2v) is 8.00. The zero-order chi connectivity index (χ0) is 21.6. The molecule has 0 fully saturated rings. The molecule has 156 valence electrons. The van der Waals surface area contributed by atoms with Gasteiger partial charge in [0.25, 0.3) is 11.7 Å². The molecule has 1 aromatic carbocycles. The van der Waals surface area contributed by atoms with Crippen LogP contribution < -0.4 is 10.1 Å². The quantitative estimate of drug-likeness (QED) is 0.521. The zero-order valence-electron chi connectivity index (χ0n) is 16.5. The van der Waals surface area contributed by atoms with E-state index in [1.807, 2.05) is 26.8 Å². The monoisotopic (exact) mass is 424 g/mol. The number of pyridine rings is 1. The first kappa shape index (κ1) is 22.6. The highest BCUT2D eigenvalue weighted by atomic mass is 32.2. The summed E-state index contributed by atoms with van der Waals surface area (Å²) in [7, 11) is 1.48. The van der Waals surface area contributed by atoms with Crippen molar-refractivity contribution in [2.45, 2.75) is 37.0 Å². The molecule has 1 heterocycles. The van der Waals surface area contributed by atoms with E-state index >= 15 is 0 Å². The number of aromatic nitrogens is 1. The SMILES string of the molecule is COc1ccc(C(C)(C)C)cc1NC(=O)COC(=O)c1cccnc1SC(F)F. The molecule has 1 aromatic heterocycles. The molecular formula is C20H22F2N2O4S. The maximum Gasteiger partial charge on any atom is 0.341 e. The second-order valence-electron chi connectivity index (χ2n) is 7.02. The molecule has 1 amide bonds. The zero-order valence-corrected chi connectivity index (χ0v) is 17.3. The molecule has 0 saturated heterocycles. The summed E-state index contributed by atoms with van der Waals surface area (Å²) in [6.07, 6.45) is 1.29. The Morgan fingerprint density at radius 3 is 2.59 bits per heavy atom. The number of halogens is 2. The molecule has 0 aliphatic heterocycles. The van der Waals surface area contributed by atoms with Gasteiger partial charge in [-0.1, -0.05) is 26.8 Å². The molecule has 6 nitrogen and oxygen atoms in total. The Morgan fingerprint density at radius 1 is 1.24 bits per heavy atom. The fraction of sp³-hybridized carbons (Fsp3) is 0.350. The van der Waals surface area contributed by atoms with Gasteiger partial charge in [-0.3, -0.25) is 4.79 Å². The smallest absolute Gasteiger partial charge is 0.341 e. The molecule has 2 rings (SSSR count). The highest BCUT2D eigenvalue weighted by Crippen LogP contribution is 2.31. The van der Waals surface area contributed by atoms with E-state index in [0.29, 0.717) is 11.4 Å². The number of alkyl halides is 2. The van der Waals surface area contributed by atoms with Crippen molar-refractivity contribution in [1.82, 2.24) is 4.98 Å². The average Bonchev–Trinajstić information content (AvgIpc) is 2.65. The van der Waals surface area contributed by atoms with E-state index in [1.54, 1.807) is 12.1 Å². The lowest BCUT2D eigenvalue weighted by Gasteiger charge is -2.21. The van der Waals surface area contributed by atoms with Crippen molar-refractivity contribution in [3.8, 4) is 5.75 Å². The highest BCUT2D eigenvalue weighted by Gasteiger charge is 2.20. The van der Waals surface area contributed by atoms with Gasteiger partial charge >= 0.3 is 5.97 Å². The Morgan fingerprint density at radius 2 is 1.97 bits per heavy atom. The van der Waals surface area contributed by atoms with E-state index in [1.165, 1.54) is 25.4 Å². The van der Waals surface area contributed by atoms with Crippen LogP contribution in [0.25, 0.3) is 0 Å². The molecule has 29 heavy (non-hydrogen) atoms. The van der Waals surface area contributed by atoms with Crippen LogP contribution in [0.4, 0.5) is 14.5 Å². The standard InChI is InChI=1S/C20H22F2N2O4S/c1-20(2,3)12-7-8-15(27-4)14(10-12)24-16(25)11-28-18(26)13-6-5-9-23-17(13)29-19(21)22/h5-10,19H,11H2,1-4H3,(H,24,25). The number of thioether (sulfide) groups is 1. The fourth-order valence-corrected chi connectivity index (χ4v) is 2.96. The average molecular weight is 424 g/mol. The molecule has 1 N–H and O–H groups in total. The molecule has 0 bridgehead atoms. The molecule has 0 spiro atoms. The Balaban J connectivity index is 2.06. The highest BCUT2D eigenvalue weighted by molar-refractivity contribution is 7.99. The van der Waals surface area contributed by atoms with E-state index in [4.69, 9.17) is 9.47 Å². The Labute approximate surface area is 172 Å². The molecule has 0 aliphatic rings. The number of nitrogens with one attached hydrogen (secondary N) is 1. The molecular weight excluding hydrogens is 402 g/mol. The van der Waals surface area contributed by atoms with Gasteiger partial charge in [-0.15, -0.1) is 0 Å². The molecule has 0 atom stereocenters. The number of nitrogens with zero attached hydrogens (tertiary/aromatic N) is 1. The van der Waals surface area contributed by atoms with Crippen LogP contribution in [-0.2, 0) is 14.9 Å². The van der Waals surface area contributed by atoms with Gasteiger partial charge in [0, 0.05) is 6.20 Å². The number of benzene rings is 1. The first-order valence-corrected chi connectivity index (χ1v) is 9.55. The number of hydrogen-bond acceptors (Lipinski definition) is 6. The van der Waals surface area contributed by atoms with Crippen molar-refractivity contribution in [3.05, 3.63) is 47.7 Å². The van der Waals surface area contributed by atoms with Gasteiger partial charge in [0.05, 0.1) is 18.4 Å². The van der Waals surface area contributed by atoms with E-state index in [9.17, 15) is 18.4 Å². The summed E-state index contributed by atoms with van der Waals surface area (Å²) >= 11 is 0.137. The fourth-order valence-electron chi connectivity index (χ4n) is 2.39. The summed E-state index contributed by atoms with van der Waals surface area (Å²) < 4.78 is 35.4. The Bertz CT molecular complexity index is 885. The van der Waals surface area contributed by atoms with Crippen LogP contribution in [-0.4, -0.2) is 36.3 Å². The minimum absolute atomic E-state index is 0.127. The van der Waals surface area contributed by atoms with Crippen LogP contribution in [0.1, 0.15) is 36.7 Å². The number of methoxy groups -OCH3 is 1. The number of hydrogen-bond donors (Lipinski definition) is 1. The van der Waals surface area contributed by atoms with E-state index < -0.39 is 24.2 Å². The van der Waals surface area contributed by atoms with Crippen LogP contribution in [0.15, 0.2) is 41.6 Å². The maximum atomic E-state index is 12.6. The Hall–Kier alpha value is -2.68. The third-order valence-electron chi connectivity index (χ3n) is 3.87. The minimum atomic E-state index is -2.73. The van der Waals surface area contributed by atoms with Crippen LogP contribution >= 0.6 is 11.8 Å². The summed E-state index contributed by atoms with van der Waals surface area (Å²) in [6.45, 7) is 5.51. The van der Waals surface area contributed by atoms with E-state index in [2.05, 4.69) is 10.3 Å². The number of carbonyl (C=O) groups is 2. The van der Waals surface area contributed by atoms with Crippen LogP contribution in [0.5, 0.6) is 5.75 Å². The summed E-state index contributed by atoms with van der Waals surface area (Å²) in [5.74, 6) is -3.77. The van der Waals surface area contributed by atoms with Crippen molar-refractivity contribution in [2.24, 2.45) is 0 Å². The van der Waals surface area contributed by atoms with Crippen LogP contribution in [0, 0.1) is 0 Å². The normalized spacial score (nSPS) is 11.3. The number of amides is 1. The first-order valence-electron chi connectivity index (χ1n) is 8.67. The van der Waals surface area contributed by atoms with E-state index in [-0.39, 0.29) is 27.8 Å².